The predicted octanol–water partition coefficient (Wildman–Crippen LogP) is 2.48. The molecule has 0 amide bonds. The Bertz CT molecular complexity index is 956. The molecule has 0 bridgehead atoms. The quantitative estimate of drug-likeness (QED) is 0.528. The Kier molecular flexibility index (Phi) is 8.36. The van der Waals surface area contributed by atoms with E-state index in [1.54, 1.807) is 25.1 Å². The van der Waals surface area contributed by atoms with E-state index in [0.29, 0.717) is 53.4 Å². The smallest absolute Gasteiger partial charge is 0.247 e. The first kappa shape index (κ1) is 25.9. The molecule has 0 aliphatic carbocycles. The molecule has 1 aromatic heterocycles. The van der Waals surface area contributed by atoms with Gasteiger partial charge in [-0.3, -0.25) is 4.90 Å². The van der Waals surface area contributed by atoms with E-state index in [1.807, 2.05) is 25.7 Å². The van der Waals surface area contributed by atoms with Gasteiger partial charge < -0.3 is 25.6 Å². The molecule has 0 spiro atoms. The summed E-state index contributed by atoms with van der Waals surface area (Å²) in [6, 6.07) is 4.97. The first-order valence-electron chi connectivity index (χ1n) is 10.9. The number of nitrogen functional groups attached to an aromatic ring is 1. The summed E-state index contributed by atoms with van der Waals surface area (Å²) < 4.78 is 5.69. The summed E-state index contributed by atoms with van der Waals surface area (Å²) >= 11 is 12.4. The van der Waals surface area contributed by atoms with E-state index in [1.165, 1.54) is 0 Å². The van der Waals surface area contributed by atoms with Gasteiger partial charge in [0.15, 0.2) is 5.82 Å². The van der Waals surface area contributed by atoms with Crippen molar-refractivity contribution in [3.63, 3.8) is 0 Å². The third-order valence-electron chi connectivity index (χ3n) is 5.44. The number of piperazine rings is 1. The zero-order chi connectivity index (χ0) is 24.3. The van der Waals surface area contributed by atoms with Crippen LogP contribution in [0.15, 0.2) is 18.2 Å². The minimum absolute atomic E-state index is 0.190. The SMILES string of the molecule is CC(O)[C@@H]1CN(c2nnc(-c3cccc(Cl)c3Cl)c(N)n2)CCN1CC(O)COC(C)(C)C. The van der Waals surface area contributed by atoms with Gasteiger partial charge in [0.1, 0.15) is 5.69 Å². The summed E-state index contributed by atoms with van der Waals surface area (Å²) in [5.74, 6) is 0.561. The van der Waals surface area contributed by atoms with Crippen molar-refractivity contribution in [2.24, 2.45) is 0 Å². The van der Waals surface area contributed by atoms with Gasteiger partial charge in [0.2, 0.25) is 5.95 Å². The highest BCUT2D eigenvalue weighted by atomic mass is 35.5. The molecule has 1 aliphatic heterocycles. The number of nitrogens with two attached hydrogens (primary N) is 1. The first-order valence-corrected chi connectivity index (χ1v) is 11.7. The third-order valence-corrected chi connectivity index (χ3v) is 6.26. The summed E-state index contributed by atoms with van der Waals surface area (Å²) in [6.45, 7) is 9.86. The van der Waals surface area contributed by atoms with Crippen molar-refractivity contribution in [1.29, 1.82) is 0 Å². The minimum Gasteiger partial charge on any atom is -0.392 e. The summed E-state index contributed by atoms with van der Waals surface area (Å²) in [6.07, 6.45) is -1.29. The summed E-state index contributed by atoms with van der Waals surface area (Å²) in [7, 11) is 0. The number of β-amino-alcohol motifs (C(OH)–C–C–N with tert-alkyl or cyclic N) is 1. The number of aromatic nitrogens is 3. The molecule has 1 fully saturated rings. The van der Waals surface area contributed by atoms with E-state index < -0.39 is 12.2 Å². The van der Waals surface area contributed by atoms with Gasteiger partial charge in [-0.05, 0) is 33.8 Å². The van der Waals surface area contributed by atoms with E-state index in [2.05, 4.69) is 20.1 Å². The molecule has 11 heteroatoms. The Labute approximate surface area is 204 Å². The Balaban J connectivity index is 1.71. The number of aliphatic hydroxyl groups is 2. The van der Waals surface area contributed by atoms with Gasteiger partial charge in [-0.25, -0.2) is 0 Å². The molecule has 0 radical (unpaired) electrons. The monoisotopic (exact) mass is 498 g/mol. The van der Waals surface area contributed by atoms with Crippen LogP contribution in [0.3, 0.4) is 0 Å². The average Bonchev–Trinajstić information content (AvgIpc) is 2.74. The van der Waals surface area contributed by atoms with Crippen LogP contribution in [0.1, 0.15) is 27.7 Å². The van der Waals surface area contributed by atoms with E-state index in [0.717, 1.165) is 0 Å². The number of anilines is 2. The second-order valence-electron chi connectivity index (χ2n) is 9.27. The zero-order valence-corrected chi connectivity index (χ0v) is 20.9. The largest absolute Gasteiger partial charge is 0.392 e. The molecule has 9 nitrogen and oxygen atoms in total. The second-order valence-corrected chi connectivity index (χ2v) is 10.1. The van der Waals surface area contributed by atoms with Crippen LogP contribution in [0.5, 0.6) is 0 Å². The van der Waals surface area contributed by atoms with Crippen molar-refractivity contribution >= 4 is 35.0 Å². The normalized spacial score (nSPS) is 19.5. The molecule has 4 N–H and O–H groups in total. The van der Waals surface area contributed by atoms with Gasteiger partial charge in [0.25, 0.3) is 0 Å². The standard InChI is InChI=1S/C22H32Cl2N6O3/c1-13(31)17-11-30(9-8-29(17)10-14(32)12-33-22(2,3)4)21-26-20(25)19(27-28-21)15-6-5-7-16(23)18(15)24/h5-7,13-14,17,31-32H,8-12H2,1-4H3,(H2,25,26,28)/t13?,14?,17-/m0/s1. The molecule has 33 heavy (non-hydrogen) atoms. The highest BCUT2D eigenvalue weighted by Gasteiger charge is 2.33. The van der Waals surface area contributed by atoms with E-state index >= 15 is 0 Å². The van der Waals surface area contributed by atoms with Crippen LogP contribution in [-0.2, 0) is 4.74 Å². The fraction of sp³-hybridized carbons (Fsp3) is 0.591. The highest BCUT2D eigenvalue weighted by Crippen LogP contribution is 2.34. The maximum Gasteiger partial charge on any atom is 0.247 e. The molecule has 2 aromatic rings. The molecule has 3 atom stereocenters. The summed E-state index contributed by atoms with van der Waals surface area (Å²) in [5.41, 5.74) is 6.78. The second kappa shape index (κ2) is 10.7. The predicted molar refractivity (Wildman–Crippen MR) is 131 cm³/mol. The number of benzene rings is 1. The lowest BCUT2D eigenvalue weighted by molar-refractivity contribution is -0.0645. The van der Waals surface area contributed by atoms with Crippen LogP contribution in [0, 0.1) is 0 Å². The van der Waals surface area contributed by atoms with Crippen molar-refractivity contribution in [2.75, 3.05) is 43.4 Å². The van der Waals surface area contributed by atoms with Gasteiger partial charge in [-0.1, -0.05) is 35.3 Å². The number of nitrogens with zero attached hydrogens (tertiary/aromatic N) is 5. The number of rotatable bonds is 7. The van der Waals surface area contributed by atoms with E-state index in [4.69, 9.17) is 33.7 Å². The maximum absolute atomic E-state index is 10.4. The first-order chi connectivity index (χ1) is 15.5. The Morgan fingerprint density at radius 1 is 1.21 bits per heavy atom. The van der Waals surface area contributed by atoms with Crippen LogP contribution in [0.4, 0.5) is 11.8 Å². The third kappa shape index (κ3) is 6.65. The lowest BCUT2D eigenvalue weighted by Crippen LogP contribution is -2.59. The number of ether oxygens (including phenoxy) is 1. The van der Waals surface area contributed by atoms with Crippen LogP contribution >= 0.6 is 23.2 Å². The van der Waals surface area contributed by atoms with E-state index in [-0.39, 0.29) is 24.1 Å². The van der Waals surface area contributed by atoms with Crippen LogP contribution in [0.2, 0.25) is 10.0 Å². The number of hydrogen-bond donors (Lipinski definition) is 3. The average molecular weight is 499 g/mol. The highest BCUT2D eigenvalue weighted by molar-refractivity contribution is 6.43. The summed E-state index contributed by atoms with van der Waals surface area (Å²) in [5, 5.41) is 30.1. The Hall–Kier alpha value is -1.75. The van der Waals surface area contributed by atoms with Gasteiger partial charge in [-0.2, -0.15) is 4.98 Å². The molecule has 2 heterocycles. The number of aliphatic hydroxyl groups excluding tert-OH is 2. The van der Waals surface area contributed by atoms with Gasteiger partial charge in [0, 0.05) is 31.7 Å². The van der Waals surface area contributed by atoms with Gasteiger partial charge in [-0.15, -0.1) is 10.2 Å². The molecular formula is C22H32Cl2N6O3. The molecule has 1 aliphatic rings. The minimum atomic E-state index is -0.660. The van der Waals surface area contributed by atoms with Crippen molar-refractivity contribution in [3.05, 3.63) is 28.2 Å². The van der Waals surface area contributed by atoms with Gasteiger partial charge in [0.05, 0.1) is 40.5 Å². The van der Waals surface area contributed by atoms with Crippen LogP contribution < -0.4 is 10.6 Å². The molecule has 1 saturated heterocycles. The maximum atomic E-state index is 10.4. The molecular weight excluding hydrogens is 467 g/mol. The molecule has 182 valence electrons. The fourth-order valence-corrected chi connectivity index (χ4v) is 4.11. The molecule has 2 unspecified atom stereocenters. The number of halogens is 2. The number of hydrogen-bond acceptors (Lipinski definition) is 9. The zero-order valence-electron chi connectivity index (χ0n) is 19.4. The lowest BCUT2D eigenvalue weighted by atomic mass is 10.1. The van der Waals surface area contributed by atoms with Crippen molar-refractivity contribution < 1.29 is 14.9 Å². The Morgan fingerprint density at radius 3 is 2.58 bits per heavy atom. The molecule has 1 aromatic carbocycles. The lowest BCUT2D eigenvalue weighted by Gasteiger charge is -2.43. The van der Waals surface area contributed by atoms with Crippen molar-refractivity contribution in [2.45, 2.75) is 51.5 Å². The van der Waals surface area contributed by atoms with E-state index in [9.17, 15) is 10.2 Å². The van der Waals surface area contributed by atoms with Crippen LogP contribution in [-0.4, -0.2) is 86.9 Å². The topological polar surface area (TPSA) is 121 Å². The fourth-order valence-electron chi connectivity index (χ4n) is 3.72. The molecule has 0 saturated carbocycles. The van der Waals surface area contributed by atoms with Crippen molar-refractivity contribution in [1.82, 2.24) is 20.1 Å². The van der Waals surface area contributed by atoms with Crippen molar-refractivity contribution in [3.8, 4) is 11.3 Å². The molecule has 3 rings (SSSR count). The summed E-state index contributed by atoms with van der Waals surface area (Å²) in [4.78, 5) is 8.43. The van der Waals surface area contributed by atoms with Crippen LogP contribution in [0.25, 0.3) is 11.3 Å². The van der Waals surface area contributed by atoms with Gasteiger partial charge >= 0.3 is 0 Å². The Morgan fingerprint density at radius 2 is 1.94 bits per heavy atom.